The van der Waals surface area contributed by atoms with Gasteiger partial charge in [0.05, 0.1) is 0 Å². The van der Waals surface area contributed by atoms with Crippen molar-refractivity contribution in [3.8, 4) is 11.1 Å². The molecule has 2 aromatic carbocycles. The first-order chi connectivity index (χ1) is 9.06. The predicted octanol–water partition coefficient (Wildman–Crippen LogP) is 4.30. The van der Waals surface area contributed by atoms with Gasteiger partial charge in [0.2, 0.25) is 0 Å². The Hall–Kier alpha value is -1.67. The molecule has 0 spiro atoms. The number of benzene rings is 2. The van der Waals surface area contributed by atoms with E-state index in [2.05, 4.69) is 44.3 Å². The van der Waals surface area contributed by atoms with E-state index in [4.69, 9.17) is 0 Å². The normalized spacial score (nSPS) is 11.0. The van der Waals surface area contributed by atoms with Gasteiger partial charge in [0.25, 0.3) is 0 Å². The summed E-state index contributed by atoms with van der Waals surface area (Å²) in [5.41, 5.74) is 4.42. The number of hydrogen-bond donors (Lipinski definition) is 1. The summed E-state index contributed by atoms with van der Waals surface area (Å²) in [5.74, 6) is -0.192. The van der Waals surface area contributed by atoms with Gasteiger partial charge >= 0.3 is 0 Å². The van der Waals surface area contributed by atoms with E-state index in [0.717, 1.165) is 17.7 Å². The Morgan fingerprint density at radius 2 is 1.89 bits per heavy atom. The second kappa shape index (κ2) is 5.98. The summed E-state index contributed by atoms with van der Waals surface area (Å²) in [4.78, 5) is 0. The smallest absolute Gasteiger partial charge is 0.123 e. The zero-order valence-electron chi connectivity index (χ0n) is 11.7. The Labute approximate surface area is 114 Å². The molecule has 0 radical (unpaired) electrons. The Balaban J connectivity index is 2.31. The third-order valence-corrected chi connectivity index (χ3v) is 3.15. The largest absolute Gasteiger partial charge is 0.310 e. The minimum absolute atomic E-state index is 0.192. The number of halogens is 1. The summed E-state index contributed by atoms with van der Waals surface area (Å²) in [6.45, 7) is 7.14. The van der Waals surface area contributed by atoms with Crippen molar-refractivity contribution < 1.29 is 4.39 Å². The van der Waals surface area contributed by atoms with E-state index < -0.39 is 0 Å². The van der Waals surface area contributed by atoms with E-state index in [0.29, 0.717) is 6.04 Å². The van der Waals surface area contributed by atoms with Gasteiger partial charge in [-0.25, -0.2) is 4.39 Å². The van der Waals surface area contributed by atoms with E-state index in [1.54, 1.807) is 12.1 Å². The summed E-state index contributed by atoms with van der Waals surface area (Å²) in [6, 6.07) is 13.6. The van der Waals surface area contributed by atoms with E-state index >= 15 is 0 Å². The molecule has 0 saturated heterocycles. The number of nitrogens with one attached hydrogen (secondary N) is 1. The molecule has 1 nitrogen and oxygen atoms in total. The van der Waals surface area contributed by atoms with Gasteiger partial charge in [0.15, 0.2) is 0 Å². The van der Waals surface area contributed by atoms with Gasteiger partial charge in [0, 0.05) is 12.6 Å². The summed E-state index contributed by atoms with van der Waals surface area (Å²) in [6.07, 6.45) is 0. The molecule has 100 valence electrons. The Morgan fingerprint density at radius 1 is 1.11 bits per heavy atom. The van der Waals surface area contributed by atoms with Crippen molar-refractivity contribution in [2.45, 2.75) is 33.4 Å². The van der Waals surface area contributed by atoms with Crippen LogP contribution >= 0.6 is 0 Å². The molecule has 0 heterocycles. The van der Waals surface area contributed by atoms with Crippen LogP contribution in [-0.4, -0.2) is 6.04 Å². The minimum Gasteiger partial charge on any atom is -0.310 e. The standard InChI is InChI=1S/C17H20FN/c1-12(2)19-11-14-8-7-13(3)17(9-14)15-5-4-6-16(18)10-15/h4-10,12,19H,11H2,1-3H3. The van der Waals surface area contributed by atoms with Crippen molar-refractivity contribution >= 4 is 0 Å². The molecule has 0 atom stereocenters. The van der Waals surface area contributed by atoms with Gasteiger partial charge in [-0.2, -0.15) is 0 Å². The Morgan fingerprint density at radius 3 is 2.58 bits per heavy atom. The second-order valence-electron chi connectivity index (χ2n) is 5.20. The van der Waals surface area contributed by atoms with Crippen LogP contribution in [0, 0.1) is 12.7 Å². The first kappa shape index (κ1) is 13.8. The monoisotopic (exact) mass is 257 g/mol. The number of rotatable bonds is 4. The highest BCUT2D eigenvalue weighted by Gasteiger charge is 2.05. The molecule has 2 aromatic rings. The van der Waals surface area contributed by atoms with Crippen molar-refractivity contribution in [2.24, 2.45) is 0 Å². The molecule has 1 N–H and O–H groups in total. The molecule has 0 aromatic heterocycles. The molecular formula is C17H20FN. The van der Waals surface area contributed by atoms with Gasteiger partial charge < -0.3 is 5.32 Å². The van der Waals surface area contributed by atoms with Crippen LogP contribution in [0.3, 0.4) is 0 Å². The molecule has 0 aliphatic carbocycles. The summed E-state index contributed by atoms with van der Waals surface area (Å²) in [7, 11) is 0. The van der Waals surface area contributed by atoms with Crippen molar-refractivity contribution in [1.82, 2.24) is 5.32 Å². The average molecular weight is 257 g/mol. The summed E-state index contributed by atoms with van der Waals surface area (Å²) >= 11 is 0. The first-order valence-electron chi connectivity index (χ1n) is 6.65. The lowest BCUT2D eigenvalue weighted by atomic mass is 9.98. The van der Waals surface area contributed by atoms with Gasteiger partial charge in [-0.15, -0.1) is 0 Å². The molecule has 0 saturated carbocycles. The fourth-order valence-corrected chi connectivity index (χ4v) is 2.07. The van der Waals surface area contributed by atoms with Crippen LogP contribution in [0.2, 0.25) is 0 Å². The zero-order chi connectivity index (χ0) is 13.8. The van der Waals surface area contributed by atoms with Crippen molar-refractivity contribution in [2.75, 3.05) is 0 Å². The molecule has 0 fully saturated rings. The molecule has 0 bridgehead atoms. The maximum absolute atomic E-state index is 13.3. The third-order valence-electron chi connectivity index (χ3n) is 3.15. The second-order valence-corrected chi connectivity index (χ2v) is 5.20. The van der Waals surface area contributed by atoms with Crippen LogP contribution in [0.1, 0.15) is 25.0 Å². The van der Waals surface area contributed by atoms with Gasteiger partial charge in [-0.1, -0.05) is 38.1 Å². The topological polar surface area (TPSA) is 12.0 Å². The lowest BCUT2D eigenvalue weighted by Gasteiger charge is -2.12. The highest BCUT2D eigenvalue weighted by atomic mass is 19.1. The zero-order valence-corrected chi connectivity index (χ0v) is 11.7. The SMILES string of the molecule is Cc1ccc(CNC(C)C)cc1-c1cccc(F)c1. The molecule has 19 heavy (non-hydrogen) atoms. The highest BCUT2D eigenvalue weighted by Crippen LogP contribution is 2.25. The van der Waals surface area contributed by atoms with Crippen molar-refractivity contribution in [3.63, 3.8) is 0 Å². The fourth-order valence-electron chi connectivity index (χ4n) is 2.07. The van der Waals surface area contributed by atoms with Crippen LogP contribution in [0.4, 0.5) is 4.39 Å². The summed E-state index contributed by atoms with van der Waals surface area (Å²) < 4.78 is 13.3. The van der Waals surface area contributed by atoms with Crippen LogP contribution in [-0.2, 0) is 6.54 Å². The van der Waals surface area contributed by atoms with Crippen molar-refractivity contribution in [3.05, 3.63) is 59.4 Å². The van der Waals surface area contributed by atoms with E-state index in [9.17, 15) is 4.39 Å². The number of aryl methyl sites for hydroxylation is 1. The maximum atomic E-state index is 13.3. The van der Waals surface area contributed by atoms with Crippen LogP contribution < -0.4 is 5.32 Å². The average Bonchev–Trinajstić information content (AvgIpc) is 2.37. The molecule has 0 aliphatic heterocycles. The van der Waals surface area contributed by atoms with Gasteiger partial charge in [0.1, 0.15) is 5.82 Å². The predicted molar refractivity (Wildman–Crippen MR) is 78.5 cm³/mol. The van der Waals surface area contributed by atoms with Crippen LogP contribution in [0.15, 0.2) is 42.5 Å². The molecule has 0 unspecified atom stereocenters. The lowest BCUT2D eigenvalue weighted by molar-refractivity contribution is 0.589. The number of hydrogen-bond acceptors (Lipinski definition) is 1. The van der Waals surface area contributed by atoms with Gasteiger partial charge in [-0.3, -0.25) is 0 Å². The van der Waals surface area contributed by atoms with Crippen molar-refractivity contribution in [1.29, 1.82) is 0 Å². The summed E-state index contributed by atoms with van der Waals surface area (Å²) in [5, 5.41) is 3.40. The van der Waals surface area contributed by atoms with E-state index in [1.165, 1.54) is 17.2 Å². The molecule has 2 rings (SSSR count). The molecule has 0 amide bonds. The first-order valence-corrected chi connectivity index (χ1v) is 6.65. The molecular weight excluding hydrogens is 237 g/mol. The quantitative estimate of drug-likeness (QED) is 0.861. The molecule has 0 aliphatic rings. The fraction of sp³-hybridized carbons (Fsp3) is 0.294. The minimum atomic E-state index is -0.192. The lowest BCUT2D eigenvalue weighted by Crippen LogP contribution is -2.21. The van der Waals surface area contributed by atoms with E-state index in [1.807, 2.05) is 6.07 Å². The maximum Gasteiger partial charge on any atom is 0.123 e. The van der Waals surface area contributed by atoms with E-state index in [-0.39, 0.29) is 5.82 Å². The Kier molecular flexibility index (Phi) is 4.33. The molecule has 2 heteroatoms. The highest BCUT2D eigenvalue weighted by molar-refractivity contribution is 5.67. The van der Waals surface area contributed by atoms with Gasteiger partial charge in [-0.05, 0) is 47.4 Å². The Bertz CT molecular complexity index is 561. The van der Waals surface area contributed by atoms with Crippen LogP contribution in [0.25, 0.3) is 11.1 Å². The van der Waals surface area contributed by atoms with Crippen LogP contribution in [0.5, 0.6) is 0 Å². The third kappa shape index (κ3) is 3.65.